The Balaban J connectivity index is -0.000000337. The van der Waals surface area contributed by atoms with E-state index in [2.05, 4.69) is 37.1 Å². The Bertz CT molecular complexity index is 416. The van der Waals surface area contributed by atoms with E-state index in [0.29, 0.717) is 25.2 Å². The smallest absolute Gasteiger partial charge is 0.333 e. The largest absolute Gasteiger partial charge is 0.463 e. The molecule has 1 amide bonds. The molecule has 2 N–H and O–H groups in total. The second-order valence-corrected chi connectivity index (χ2v) is 4.72. The highest BCUT2D eigenvalue weighted by Crippen LogP contribution is 2.03. The van der Waals surface area contributed by atoms with Crippen molar-refractivity contribution in [2.45, 2.75) is 52.9 Å². The fourth-order valence-electron chi connectivity index (χ4n) is 1.14. The van der Waals surface area contributed by atoms with Crippen molar-refractivity contribution in [2.75, 3.05) is 13.2 Å². The van der Waals surface area contributed by atoms with Gasteiger partial charge >= 0.3 is 11.9 Å². The number of hydrogen-bond acceptors (Lipinski definition) is 5. The molecule has 0 fully saturated rings. The van der Waals surface area contributed by atoms with Gasteiger partial charge in [-0.3, -0.25) is 4.79 Å². The van der Waals surface area contributed by atoms with Crippen LogP contribution in [-0.4, -0.2) is 31.1 Å². The molecule has 0 aromatic carbocycles. The summed E-state index contributed by atoms with van der Waals surface area (Å²) in [6, 6.07) is 0. The molecule has 0 atom stereocenters. The molecular formula is C19H33NO5. The Labute approximate surface area is 151 Å². The maximum absolute atomic E-state index is 11.1. The van der Waals surface area contributed by atoms with Crippen LogP contribution in [0.5, 0.6) is 0 Å². The number of esters is 2. The number of hydrogen-bond donors (Lipinski definition) is 1. The maximum atomic E-state index is 11.1. The highest BCUT2D eigenvalue weighted by molar-refractivity contribution is 5.87. The fraction of sp³-hybridized carbons (Fsp3) is 0.526. The van der Waals surface area contributed by atoms with Crippen molar-refractivity contribution in [1.29, 1.82) is 0 Å². The summed E-state index contributed by atoms with van der Waals surface area (Å²) in [5, 5.41) is 0. The highest BCUT2D eigenvalue weighted by Gasteiger charge is 2.04. The van der Waals surface area contributed by atoms with Gasteiger partial charge in [-0.2, -0.15) is 0 Å². The van der Waals surface area contributed by atoms with Crippen LogP contribution < -0.4 is 5.73 Å². The molecule has 25 heavy (non-hydrogen) atoms. The van der Waals surface area contributed by atoms with Crippen molar-refractivity contribution in [3.8, 4) is 0 Å². The van der Waals surface area contributed by atoms with Gasteiger partial charge in [0.2, 0.25) is 5.91 Å². The number of primary amides is 1. The van der Waals surface area contributed by atoms with E-state index >= 15 is 0 Å². The molecule has 0 unspecified atom stereocenters. The number of carbonyl (C=O) groups is 3. The molecule has 0 radical (unpaired) electrons. The first-order chi connectivity index (χ1) is 11.8. The van der Waals surface area contributed by atoms with Gasteiger partial charge in [0.25, 0.3) is 0 Å². The van der Waals surface area contributed by atoms with E-state index in [0.717, 1.165) is 25.0 Å². The minimum absolute atomic E-state index is 0.237. The number of unbranched alkanes of at least 4 members (excludes halogenated alkanes) is 3. The summed E-state index contributed by atoms with van der Waals surface area (Å²) in [5.41, 5.74) is 5.10. The number of ether oxygens (including phenoxy) is 2. The number of carbonyl (C=O) groups excluding carboxylic acids is 3. The van der Waals surface area contributed by atoms with Crippen molar-refractivity contribution in [1.82, 2.24) is 0 Å². The third-order valence-electron chi connectivity index (χ3n) is 2.60. The lowest BCUT2D eigenvalue weighted by Gasteiger charge is -2.04. The molecule has 0 aliphatic carbocycles. The summed E-state index contributed by atoms with van der Waals surface area (Å²) >= 11 is 0. The number of amides is 1. The van der Waals surface area contributed by atoms with Gasteiger partial charge < -0.3 is 15.2 Å². The first-order valence-electron chi connectivity index (χ1n) is 8.36. The van der Waals surface area contributed by atoms with Gasteiger partial charge in [0.15, 0.2) is 0 Å². The average Bonchev–Trinajstić information content (AvgIpc) is 2.61. The standard InChI is InChI=1S/C11H20O2.C5H8O2.C3H5NO/c1-4-6-7-8-9-13-11(12)10(3)5-2;1-3-5(6)7-4-2;1-2-3(4)5/h3-9H2,1-2H3;3H,1,4H2,2H3;2H,1H2,(H2,4,5). The summed E-state index contributed by atoms with van der Waals surface area (Å²) in [6.45, 7) is 16.7. The fourth-order valence-corrected chi connectivity index (χ4v) is 1.14. The van der Waals surface area contributed by atoms with Crippen LogP contribution in [0, 0.1) is 0 Å². The molecule has 0 aliphatic rings. The van der Waals surface area contributed by atoms with Gasteiger partial charge in [0, 0.05) is 11.6 Å². The lowest BCUT2D eigenvalue weighted by atomic mass is 10.2. The molecule has 0 bridgehead atoms. The molecule has 6 nitrogen and oxygen atoms in total. The van der Waals surface area contributed by atoms with Gasteiger partial charge in [0.05, 0.1) is 13.2 Å². The van der Waals surface area contributed by atoms with Gasteiger partial charge in [-0.1, -0.05) is 52.8 Å². The Morgan fingerprint density at radius 1 is 0.960 bits per heavy atom. The SMILES string of the molecule is C=C(CC)C(=O)OCCCCCC.C=CC(=O)OCC.C=CC(N)=O. The molecule has 144 valence electrons. The van der Waals surface area contributed by atoms with Crippen molar-refractivity contribution in [2.24, 2.45) is 5.73 Å². The monoisotopic (exact) mass is 355 g/mol. The van der Waals surface area contributed by atoms with E-state index in [-0.39, 0.29) is 11.9 Å². The van der Waals surface area contributed by atoms with Crippen LogP contribution in [0.4, 0.5) is 0 Å². The Hall–Kier alpha value is -2.37. The Morgan fingerprint density at radius 2 is 1.52 bits per heavy atom. The third-order valence-corrected chi connectivity index (χ3v) is 2.60. The summed E-state index contributed by atoms with van der Waals surface area (Å²) < 4.78 is 9.44. The molecule has 6 heteroatoms. The van der Waals surface area contributed by atoms with E-state index in [1.54, 1.807) is 6.92 Å². The zero-order chi connectivity index (χ0) is 20.1. The molecule has 0 spiro atoms. The lowest BCUT2D eigenvalue weighted by Crippen LogP contribution is -2.07. The van der Waals surface area contributed by atoms with Gasteiger partial charge in [0.1, 0.15) is 0 Å². The molecule has 0 aromatic heterocycles. The Kier molecular flexibility index (Phi) is 23.8. The van der Waals surface area contributed by atoms with E-state index in [9.17, 15) is 14.4 Å². The summed E-state index contributed by atoms with van der Waals surface area (Å²) in [6.07, 6.45) is 7.40. The van der Waals surface area contributed by atoms with Crippen LogP contribution in [0.3, 0.4) is 0 Å². The molecule has 0 saturated heterocycles. The predicted molar refractivity (Wildman–Crippen MR) is 101 cm³/mol. The molecule has 0 saturated carbocycles. The third kappa shape index (κ3) is 26.8. The number of nitrogens with two attached hydrogens (primary N) is 1. The van der Waals surface area contributed by atoms with E-state index in [1.165, 1.54) is 12.8 Å². The van der Waals surface area contributed by atoms with Crippen molar-refractivity contribution in [3.63, 3.8) is 0 Å². The zero-order valence-electron chi connectivity index (χ0n) is 15.8. The predicted octanol–water partition coefficient (Wildman–Crippen LogP) is 3.47. The molecule has 0 heterocycles. The van der Waals surface area contributed by atoms with Crippen LogP contribution in [0.1, 0.15) is 52.9 Å². The second-order valence-electron chi connectivity index (χ2n) is 4.72. The minimum Gasteiger partial charge on any atom is -0.463 e. The summed E-state index contributed by atoms with van der Waals surface area (Å²) in [5.74, 6) is -1.08. The van der Waals surface area contributed by atoms with Crippen LogP contribution in [0.2, 0.25) is 0 Å². The van der Waals surface area contributed by atoms with Crippen LogP contribution in [0.15, 0.2) is 37.5 Å². The van der Waals surface area contributed by atoms with E-state index in [1.807, 2.05) is 6.92 Å². The molecule has 0 aliphatic heterocycles. The first kappa shape index (κ1) is 27.5. The van der Waals surface area contributed by atoms with Crippen LogP contribution in [-0.2, 0) is 23.9 Å². The Morgan fingerprint density at radius 3 is 1.84 bits per heavy atom. The molecular weight excluding hydrogens is 322 g/mol. The van der Waals surface area contributed by atoms with Crippen molar-refractivity contribution >= 4 is 17.8 Å². The average molecular weight is 355 g/mol. The second kappa shape index (κ2) is 21.6. The first-order valence-corrected chi connectivity index (χ1v) is 8.36. The van der Waals surface area contributed by atoms with Gasteiger partial charge in [-0.15, -0.1) is 0 Å². The minimum atomic E-state index is -0.481. The summed E-state index contributed by atoms with van der Waals surface area (Å²) in [4.78, 5) is 30.6. The molecule has 0 rings (SSSR count). The van der Waals surface area contributed by atoms with E-state index < -0.39 is 5.91 Å². The van der Waals surface area contributed by atoms with E-state index in [4.69, 9.17) is 4.74 Å². The zero-order valence-corrected chi connectivity index (χ0v) is 15.8. The van der Waals surface area contributed by atoms with Crippen molar-refractivity contribution in [3.05, 3.63) is 37.5 Å². The van der Waals surface area contributed by atoms with Gasteiger partial charge in [-0.05, 0) is 25.8 Å². The normalized spacial score (nSPS) is 8.44. The lowest BCUT2D eigenvalue weighted by molar-refractivity contribution is -0.139. The maximum Gasteiger partial charge on any atom is 0.333 e. The summed E-state index contributed by atoms with van der Waals surface area (Å²) in [7, 11) is 0. The van der Waals surface area contributed by atoms with Crippen LogP contribution in [0.25, 0.3) is 0 Å². The van der Waals surface area contributed by atoms with Crippen LogP contribution >= 0.6 is 0 Å². The van der Waals surface area contributed by atoms with Crippen molar-refractivity contribution < 1.29 is 23.9 Å². The van der Waals surface area contributed by atoms with Gasteiger partial charge in [-0.25, -0.2) is 9.59 Å². The quantitative estimate of drug-likeness (QED) is 0.368. The molecule has 0 aromatic rings. The number of rotatable bonds is 10. The highest BCUT2D eigenvalue weighted by atomic mass is 16.5. The topological polar surface area (TPSA) is 95.7 Å².